The third-order valence-corrected chi connectivity index (χ3v) is 4.43. The van der Waals surface area contributed by atoms with Gasteiger partial charge in [-0.1, -0.05) is 0 Å². The summed E-state index contributed by atoms with van der Waals surface area (Å²) in [5.74, 6) is 0.912. The zero-order valence-electron chi connectivity index (χ0n) is 11.0. The van der Waals surface area contributed by atoms with Gasteiger partial charge in [-0.15, -0.1) is 11.3 Å². The van der Waals surface area contributed by atoms with E-state index in [0.29, 0.717) is 0 Å². The fourth-order valence-corrected chi connectivity index (χ4v) is 3.39. The largest absolute Gasteiger partial charge is 0.383 e. The summed E-state index contributed by atoms with van der Waals surface area (Å²) >= 11 is 1.64. The smallest absolute Gasteiger partial charge is 0.138 e. The highest BCUT2D eigenvalue weighted by atomic mass is 32.1. The number of methoxy groups -OCH3 is 1. The van der Waals surface area contributed by atoms with Crippen LogP contribution in [-0.4, -0.2) is 42.3 Å². The van der Waals surface area contributed by atoms with Crippen molar-refractivity contribution in [1.29, 1.82) is 0 Å². The molecule has 0 amide bonds. The molecule has 0 saturated carbocycles. The summed E-state index contributed by atoms with van der Waals surface area (Å²) in [6, 6.07) is 2.06. The van der Waals surface area contributed by atoms with Crippen molar-refractivity contribution in [3.63, 3.8) is 0 Å². The predicted molar refractivity (Wildman–Crippen MR) is 77.7 cm³/mol. The first-order valence-electron chi connectivity index (χ1n) is 6.49. The molecule has 0 radical (unpaired) electrons. The molecule has 1 aliphatic rings. The number of hydrogen-bond acceptors (Lipinski definition) is 6. The maximum Gasteiger partial charge on any atom is 0.138 e. The topological polar surface area (TPSA) is 59.1 Å². The lowest BCUT2D eigenvalue weighted by molar-refractivity contribution is 0.127. The van der Waals surface area contributed by atoms with E-state index in [1.165, 1.54) is 6.42 Å². The van der Waals surface area contributed by atoms with Gasteiger partial charge in [-0.05, 0) is 30.8 Å². The summed E-state index contributed by atoms with van der Waals surface area (Å²) < 4.78 is 5.36. The van der Waals surface area contributed by atoms with Gasteiger partial charge >= 0.3 is 0 Å². The molecule has 1 unspecified atom stereocenters. The second kappa shape index (κ2) is 5.40. The van der Waals surface area contributed by atoms with Crippen LogP contribution >= 0.6 is 11.3 Å². The zero-order chi connectivity index (χ0) is 13.1. The highest BCUT2D eigenvalue weighted by molar-refractivity contribution is 7.16. The summed E-state index contributed by atoms with van der Waals surface area (Å²) in [7, 11) is 1.75. The van der Waals surface area contributed by atoms with Gasteiger partial charge in [0.2, 0.25) is 0 Å². The molecule has 2 aromatic rings. The van der Waals surface area contributed by atoms with E-state index in [4.69, 9.17) is 4.74 Å². The molecule has 0 aromatic carbocycles. The Hall–Kier alpha value is -1.24. The Kier molecular flexibility index (Phi) is 3.63. The SMILES string of the molecule is COCC1(CNc2ncnc3sccc23)CCCN1. The number of thiophene rings is 1. The van der Waals surface area contributed by atoms with Crippen molar-refractivity contribution >= 4 is 27.4 Å². The lowest BCUT2D eigenvalue weighted by atomic mass is 9.98. The first-order valence-corrected chi connectivity index (χ1v) is 7.37. The molecule has 2 aromatic heterocycles. The first-order chi connectivity index (χ1) is 9.33. The monoisotopic (exact) mass is 278 g/mol. The van der Waals surface area contributed by atoms with Crippen molar-refractivity contribution < 1.29 is 4.74 Å². The molecule has 3 rings (SSSR count). The second-order valence-corrected chi connectivity index (χ2v) is 5.85. The molecule has 102 valence electrons. The van der Waals surface area contributed by atoms with Gasteiger partial charge in [0.15, 0.2) is 0 Å². The zero-order valence-corrected chi connectivity index (χ0v) is 11.8. The van der Waals surface area contributed by atoms with Gasteiger partial charge in [0.25, 0.3) is 0 Å². The number of aromatic nitrogens is 2. The molecule has 6 heteroatoms. The highest BCUT2D eigenvalue weighted by Crippen LogP contribution is 2.25. The minimum absolute atomic E-state index is 0.0298. The maximum absolute atomic E-state index is 5.36. The van der Waals surface area contributed by atoms with Crippen LogP contribution in [0.3, 0.4) is 0 Å². The van der Waals surface area contributed by atoms with Crippen LogP contribution in [0.4, 0.5) is 5.82 Å². The Labute approximate surface area is 116 Å². The van der Waals surface area contributed by atoms with E-state index in [2.05, 4.69) is 26.7 Å². The van der Waals surface area contributed by atoms with E-state index in [9.17, 15) is 0 Å². The molecular weight excluding hydrogens is 260 g/mol. The number of fused-ring (bicyclic) bond motifs is 1. The Morgan fingerprint density at radius 2 is 2.47 bits per heavy atom. The van der Waals surface area contributed by atoms with E-state index in [-0.39, 0.29) is 5.54 Å². The van der Waals surface area contributed by atoms with Crippen molar-refractivity contribution in [2.75, 3.05) is 32.1 Å². The quantitative estimate of drug-likeness (QED) is 0.874. The highest BCUT2D eigenvalue weighted by Gasteiger charge is 2.33. The second-order valence-electron chi connectivity index (χ2n) is 4.96. The van der Waals surface area contributed by atoms with E-state index in [0.717, 1.165) is 42.2 Å². The van der Waals surface area contributed by atoms with Gasteiger partial charge in [-0.25, -0.2) is 9.97 Å². The van der Waals surface area contributed by atoms with Crippen molar-refractivity contribution in [1.82, 2.24) is 15.3 Å². The number of nitrogens with zero attached hydrogens (tertiary/aromatic N) is 2. The molecule has 3 heterocycles. The third-order valence-electron chi connectivity index (χ3n) is 3.61. The van der Waals surface area contributed by atoms with Crippen LogP contribution in [-0.2, 0) is 4.74 Å². The average Bonchev–Trinajstić information content (AvgIpc) is 3.06. The van der Waals surface area contributed by atoms with Crippen molar-refractivity contribution in [3.05, 3.63) is 17.8 Å². The van der Waals surface area contributed by atoms with Gasteiger partial charge in [0.05, 0.1) is 17.5 Å². The Bertz CT molecular complexity index is 550. The lowest BCUT2D eigenvalue weighted by Crippen LogP contribution is -2.49. The van der Waals surface area contributed by atoms with Gasteiger partial charge in [-0.2, -0.15) is 0 Å². The van der Waals surface area contributed by atoms with Gasteiger partial charge < -0.3 is 15.4 Å². The van der Waals surface area contributed by atoms with Gasteiger partial charge in [0.1, 0.15) is 17.0 Å². The molecule has 0 spiro atoms. The van der Waals surface area contributed by atoms with Gasteiger partial charge in [-0.3, -0.25) is 0 Å². The van der Waals surface area contributed by atoms with Crippen LogP contribution in [0.5, 0.6) is 0 Å². The van der Waals surface area contributed by atoms with E-state index in [1.807, 2.05) is 5.38 Å². The van der Waals surface area contributed by atoms with Crippen molar-refractivity contribution in [2.45, 2.75) is 18.4 Å². The molecule has 1 aliphatic heterocycles. The summed E-state index contributed by atoms with van der Waals surface area (Å²) in [6.07, 6.45) is 3.95. The molecule has 5 nitrogen and oxygen atoms in total. The lowest BCUT2D eigenvalue weighted by Gasteiger charge is -2.29. The molecule has 1 saturated heterocycles. The Morgan fingerprint density at radius 1 is 1.53 bits per heavy atom. The summed E-state index contributed by atoms with van der Waals surface area (Å²) in [6.45, 7) is 2.60. The molecule has 19 heavy (non-hydrogen) atoms. The van der Waals surface area contributed by atoms with Crippen LogP contribution in [0.1, 0.15) is 12.8 Å². The number of anilines is 1. The average molecular weight is 278 g/mol. The number of ether oxygens (including phenoxy) is 1. The maximum atomic E-state index is 5.36. The normalized spacial score (nSPS) is 23.0. The minimum atomic E-state index is 0.0298. The van der Waals surface area contributed by atoms with E-state index >= 15 is 0 Å². The number of nitrogens with one attached hydrogen (secondary N) is 2. The molecule has 1 fully saturated rings. The molecular formula is C13H18N4OS. The van der Waals surface area contributed by atoms with Crippen LogP contribution in [0.15, 0.2) is 17.8 Å². The molecule has 1 atom stereocenters. The summed E-state index contributed by atoms with van der Waals surface area (Å²) in [5, 5.41) is 10.1. The summed E-state index contributed by atoms with van der Waals surface area (Å²) in [5.41, 5.74) is 0.0298. The van der Waals surface area contributed by atoms with Crippen LogP contribution < -0.4 is 10.6 Å². The van der Waals surface area contributed by atoms with Crippen LogP contribution in [0.25, 0.3) is 10.2 Å². The molecule has 0 bridgehead atoms. The minimum Gasteiger partial charge on any atom is -0.383 e. The van der Waals surface area contributed by atoms with Gasteiger partial charge in [0, 0.05) is 13.7 Å². The first kappa shape index (κ1) is 12.8. The predicted octanol–water partition coefficient (Wildman–Crippen LogP) is 1.87. The fraction of sp³-hybridized carbons (Fsp3) is 0.538. The Morgan fingerprint density at radius 3 is 3.26 bits per heavy atom. The number of hydrogen-bond donors (Lipinski definition) is 2. The molecule has 0 aliphatic carbocycles. The van der Waals surface area contributed by atoms with E-state index < -0.39 is 0 Å². The van der Waals surface area contributed by atoms with Crippen LogP contribution in [0, 0.1) is 0 Å². The molecule has 2 N–H and O–H groups in total. The fourth-order valence-electron chi connectivity index (χ4n) is 2.65. The third kappa shape index (κ3) is 2.56. The van der Waals surface area contributed by atoms with E-state index in [1.54, 1.807) is 24.8 Å². The summed E-state index contributed by atoms with van der Waals surface area (Å²) in [4.78, 5) is 9.64. The standard InChI is InChI=1S/C13H18N4OS/c1-18-8-13(4-2-5-17-13)7-14-11-10-3-6-19-12(10)16-9-15-11/h3,6,9,17H,2,4-5,7-8H2,1H3,(H,14,15,16). The number of rotatable bonds is 5. The van der Waals surface area contributed by atoms with Crippen molar-refractivity contribution in [3.8, 4) is 0 Å². The van der Waals surface area contributed by atoms with Crippen molar-refractivity contribution in [2.24, 2.45) is 0 Å². The Balaban J connectivity index is 1.76. The van der Waals surface area contributed by atoms with Crippen LogP contribution in [0.2, 0.25) is 0 Å².